The van der Waals surface area contributed by atoms with Crippen molar-refractivity contribution < 1.29 is 17.9 Å². The third-order valence-corrected chi connectivity index (χ3v) is 4.87. The molecule has 0 saturated carbocycles. The molecule has 1 heterocycles. The Kier molecular flexibility index (Phi) is 7.92. The van der Waals surface area contributed by atoms with E-state index in [2.05, 4.69) is 27.5 Å². The fourth-order valence-electron chi connectivity index (χ4n) is 3.07. The highest BCUT2D eigenvalue weighted by molar-refractivity contribution is 5.65. The summed E-state index contributed by atoms with van der Waals surface area (Å²) < 4.78 is 46.1. The Bertz CT molecular complexity index is 1010. The molecule has 0 saturated heterocycles. The zero-order valence-corrected chi connectivity index (χ0v) is 18.2. The Morgan fingerprint density at radius 1 is 0.938 bits per heavy atom. The molecule has 170 valence electrons. The maximum atomic E-state index is 13.5. The number of unbranched alkanes of at least 4 members (excludes halogenated alkanes) is 3. The van der Waals surface area contributed by atoms with Crippen molar-refractivity contribution in [3.8, 4) is 5.75 Å². The van der Waals surface area contributed by atoms with Crippen molar-refractivity contribution in [2.75, 3.05) is 17.2 Å². The van der Waals surface area contributed by atoms with E-state index < -0.39 is 11.7 Å². The number of hydrogen-bond acceptors (Lipinski definition) is 5. The van der Waals surface area contributed by atoms with E-state index in [0.29, 0.717) is 18.0 Å². The molecule has 32 heavy (non-hydrogen) atoms. The third-order valence-electron chi connectivity index (χ3n) is 4.87. The van der Waals surface area contributed by atoms with Crippen LogP contribution in [0.2, 0.25) is 0 Å². The number of halogens is 3. The molecule has 0 aliphatic rings. The molecule has 0 unspecified atom stereocenters. The van der Waals surface area contributed by atoms with Crippen LogP contribution >= 0.6 is 0 Å². The monoisotopic (exact) mass is 444 g/mol. The second-order valence-corrected chi connectivity index (χ2v) is 7.45. The number of nitrogens with zero attached hydrogens (tertiary/aromatic N) is 2. The van der Waals surface area contributed by atoms with E-state index >= 15 is 0 Å². The largest absolute Gasteiger partial charge is 0.494 e. The first-order valence-electron chi connectivity index (χ1n) is 10.6. The maximum absolute atomic E-state index is 13.5. The molecule has 0 bridgehead atoms. The van der Waals surface area contributed by atoms with E-state index in [0.717, 1.165) is 30.4 Å². The molecular formula is C24H27F3N4O. The van der Waals surface area contributed by atoms with Crippen LogP contribution in [0.3, 0.4) is 0 Å². The normalized spacial score (nSPS) is 11.3. The summed E-state index contributed by atoms with van der Waals surface area (Å²) in [4.78, 5) is 7.94. The van der Waals surface area contributed by atoms with Crippen molar-refractivity contribution in [3.05, 3.63) is 65.9 Å². The molecule has 8 heteroatoms. The quantitative estimate of drug-likeness (QED) is 0.323. The predicted molar refractivity (Wildman–Crippen MR) is 121 cm³/mol. The summed E-state index contributed by atoms with van der Waals surface area (Å²) in [6.45, 7) is 4.63. The lowest BCUT2D eigenvalue weighted by molar-refractivity contribution is -0.137. The number of nitrogens with one attached hydrogen (secondary N) is 2. The number of alkyl halides is 3. The van der Waals surface area contributed by atoms with Gasteiger partial charge in [0.1, 0.15) is 17.1 Å². The van der Waals surface area contributed by atoms with E-state index in [1.807, 2.05) is 19.1 Å². The third kappa shape index (κ3) is 6.60. The van der Waals surface area contributed by atoms with Gasteiger partial charge in [0.05, 0.1) is 6.61 Å². The predicted octanol–water partition coefficient (Wildman–Crippen LogP) is 7.25. The average molecular weight is 445 g/mol. The number of aromatic nitrogens is 2. The molecule has 5 nitrogen and oxygen atoms in total. The number of rotatable bonds is 10. The summed E-state index contributed by atoms with van der Waals surface area (Å²) >= 11 is 0. The molecular weight excluding hydrogens is 417 g/mol. The molecule has 3 aromatic rings. The van der Waals surface area contributed by atoms with Crippen LogP contribution in [0.1, 0.15) is 43.7 Å². The second-order valence-electron chi connectivity index (χ2n) is 7.45. The first kappa shape index (κ1) is 23.4. The van der Waals surface area contributed by atoms with Crippen LogP contribution in [0.5, 0.6) is 5.75 Å². The maximum Gasteiger partial charge on any atom is 0.421 e. The van der Waals surface area contributed by atoms with E-state index in [4.69, 9.17) is 4.74 Å². The van der Waals surface area contributed by atoms with Crippen molar-refractivity contribution in [1.82, 2.24) is 9.97 Å². The molecule has 3 rings (SSSR count). The van der Waals surface area contributed by atoms with Gasteiger partial charge >= 0.3 is 6.18 Å². The molecule has 0 fully saturated rings. The highest BCUT2D eigenvalue weighted by atomic mass is 19.4. The number of benzene rings is 2. The Hall–Kier alpha value is -3.29. The molecule has 1 aromatic heterocycles. The number of aryl methyl sites for hydroxylation is 1. The van der Waals surface area contributed by atoms with E-state index in [1.54, 1.807) is 36.4 Å². The average Bonchev–Trinajstić information content (AvgIpc) is 2.76. The van der Waals surface area contributed by atoms with Gasteiger partial charge in [-0.2, -0.15) is 18.2 Å². The lowest BCUT2D eigenvalue weighted by atomic mass is 10.2. The number of hydrogen-bond donors (Lipinski definition) is 2. The van der Waals surface area contributed by atoms with Crippen molar-refractivity contribution in [1.29, 1.82) is 0 Å². The van der Waals surface area contributed by atoms with Crippen LogP contribution in [0.15, 0.2) is 54.7 Å². The first-order chi connectivity index (χ1) is 15.4. The Labute approximate surface area is 186 Å². The molecule has 0 spiro atoms. The molecule has 0 amide bonds. The van der Waals surface area contributed by atoms with Gasteiger partial charge in [0.25, 0.3) is 0 Å². The minimum absolute atomic E-state index is 0.0577. The first-order valence-corrected chi connectivity index (χ1v) is 10.6. The van der Waals surface area contributed by atoms with Gasteiger partial charge in [0, 0.05) is 17.6 Å². The Morgan fingerprint density at radius 3 is 2.38 bits per heavy atom. The molecule has 0 atom stereocenters. The van der Waals surface area contributed by atoms with Gasteiger partial charge in [-0.15, -0.1) is 0 Å². The Balaban J connectivity index is 1.72. The standard InChI is InChI=1S/C24H27F3N4O/c1-3-4-5-8-15-32-19-13-11-18(12-14-19)29-23-28-16-20(24(25,26)27)22(31-23)30-21-10-7-6-9-17(21)2/h6-7,9-14,16H,3-5,8,15H2,1-2H3,(H2,28,29,30,31). The van der Waals surface area contributed by atoms with Crippen molar-refractivity contribution in [3.63, 3.8) is 0 Å². The van der Waals surface area contributed by atoms with Gasteiger partial charge < -0.3 is 15.4 Å². The fourth-order valence-corrected chi connectivity index (χ4v) is 3.07. The summed E-state index contributed by atoms with van der Waals surface area (Å²) in [6.07, 6.45) is 0.710. The van der Waals surface area contributed by atoms with Gasteiger partial charge in [0.2, 0.25) is 5.95 Å². The molecule has 0 aliphatic carbocycles. The summed E-state index contributed by atoms with van der Waals surface area (Å²) in [5.41, 5.74) is 1.06. The topological polar surface area (TPSA) is 59.1 Å². The summed E-state index contributed by atoms with van der Waals surface area (Å²) in [6, 6.07) is 14.2. The van der Waals surface area contributed by atoms with Crippen molar-refractivity contribution >= 4 is 23.1 Å². The minimum atomic E-state index is -4.58. The molecule has 2 aromatic carbocycles. The number of ether oxygens (including phenoxy) is 1. The lowest BCUT2D eigenvalue weighted by Gasteiger charge is -2.16. The van der Waals surface area contributed by atoms with Gasteiger partial charge in [-0.1, -0.05) is 44.4 Å². The number of anilines is 4. The molecule has 2 N–H and O–H groups in total. The van der Waals surface area contributed by atoms with Crippen molar-refractivity contribution in [2.24, 2.45) is 0 Å². The van der Waals surface area contributed by atoms with E-state index in [-0.39, 0.29) is 11.8 Å². The number of para-hydroxylation sites is 1. The van der Waals surface area contributed by atoms with E-state index in [1.165, 1.54) is 12.8 Å². The Morgan fingerprint density at radius 2 is 1.69 bits per heavy atom. The van der Waals surface area contributed by atoms with Crippen molar-refractivity contribution in [2.45, 2.75) is 45.7 Å². The van der Waals surface area contributed by atoms with Crippen LogP contribution in [-0.4, -0.2) is 16.6 Å². The van der Waals surface area contributed by atoms with Gasteiger partial charge in [-0.05, 0) is 49.2 Å². The summed E-state index contributed by atoms with van der Waals surface area (Å²) in [7, 11) is 0. The zero-order valence-electron chi connectivity index (χ0n) is 18.2. The van der Waals surface area contributed by atoms with Crippen LogP contribution < -0.4 is 15.4 Å². The van der Waals surface area contributed by atoms with Gasteiger partial charge in [-0.25, -0.2) is 4.98 Å². The fraction of sp³-hybridized carbons (Fsp3) is 0.333. The van der Waals surface area contributed by atoms with Crippen LogP contribution in [0, 0.1) is 6.92 Å². The SMILES string of the molecule is CCCCCCOc1ccc(Nc2ncc(C(F)(F)F)c(Nc3ccccc3C)n2)cc1. The second kappa shape index (κ2) is 10.8. The summed E-state index contributed by atoms with van der Waals surface area (Å²) in [5, 5.41) is 5.74. The highest BCUT2D eigenvalue weighted by Crippen LogP contribution is 2.35. The van der Waals surface area contributed by atoms with E-state index in [9.17, 15) is 13.2 Å². The van der Waals surface area contributed by atoms with Crippen LogP contribution in [0.25, 0.3) is 0 Å². The molecule has 0 radical (unpaired) electrons. The highest BCUT2D eigenvalue weighted by Gasteiger charge is 2.35. The molecule has 0 aliphatic heterocycles. The zero-order chi connectivity index (χ0) is 23.0. The minimum Gasteiger partial charge on any atom is -0.494 e. The van der Waals surface area contributed by atoms with Gasteiger partial charge in [0.15, 0.2) is 0 Å². The smallest absolute Gasteiger partial charge is 0.421 e. The van der Waals surface area contributed by atoms with Gasteiger partial charge in [-0.3, -0.25) is 0 Å². The lowest BCUT2D eigenvalue weighted by Crippen LogP contribution is -2.13. The van der Waals surface area contributed by atoms with Crippen LogP contribution in [-0.2, 0) is 6.18 Å². The van der Waals surface area contributed by atoms with Crippen LogP contribution in [0.4, 0.5) is 36.3 Å². The summed E-state index contributed by atoms with van der Waals surface area (Å²) in [5.74, 6) is 0.487.